The van der Waals surface area contributed by atoms with E-state index in [4.69, 9.17) is 4.74 Å². The molecule has 0 amide bonds. The van der Waals surface area contributed by atoms with Crippen molar-refractivity contribution in [3.05, 3.63) is 53.9 Å². The molecule has 0 unspecified atom stereocenters. The smallest absolute Gasteiger partial charge is 0.145 e. The normalized spacial score (nSPS) is 12.2. The van der Waals surface area contributed by atoms with Crippen LogP contribution in [0.1, 0.15) is 24.3 Å². The number of ether oxygens (including phenoxy) is 1. The van der Waals surface area contributed by atoms with Gasteiger partial charge in [0.15, 0.2) is 0 Å². The number of benzene rings is 1. The first-order chi connectivity index (χ1) is 8.15. The summed E-state index contributed by atoms with van der Waals surface area (Å²) in [5.74, 6) is 1.44. The zero-order chi connectivity index (χ0) is 12.3. The van der Waals surface area contributed by atoms with Crippen LogP contribution in [0.5, 0.6) is 11.5 Å². The summed E-state index contributed by atoms with van der Waals surface area (Å²) in [6.07, 6.45) is 1.06. The van der Waals surface area contributed by atoms with Crippen molar-refractivity contribution in [3.8, 4) is 11.5 Å². The molecule has 1 aromatic carbocycles. The molecule has 0 aliphatic heterocycles. The van der Waals surface area contributed by atoms with Crippen LogP contribution in [0.4, 0.5) is 0 Å². The standard InChI is InChI=1S/C14H15NO2/c1-10-3-5-12(6-4-10)17-13-7-8-14(11(2)16)15-9-13/h3-9,11,16H,1-2H3/t11-/m1/s1. The molecule has 0 bridgehead atoms. The van der Waals surface area contributed by atoms with Gasteiger partial charge in [-0.05, 0) is 38.1 Å². The first kappa shape index (κ1) is 11.6. The van der Waals surface area contributed by atoms with Gasteiger partial charge in [-0.1, -0.05) is 17.7 Å². The molecule has 1 aromatic heterocycles. The molecule has 0 fully saturated rings. The van der Waals surface area contributed by atoms with Crippen molar-refractivity contribution < 1.29 is 9.84 Å². The second-order valence-electron chi connectivity index (χ2n) is 4.01. The number of hydrogen-bond acceptors (Lipinski definition) is 3. The molecule has 0 aliphatic carbocycles. The molecule has 88 valence electrons. The van der Waals surface area contributed by atoms with Crippen LogP contribution in [0.2, 0.25) is 0 Å². The van der Waals surface area contributed by atoms with Crippen LogP contribution in [-0.4, -0.2) is 10.1 Å². The third kappa shape index (κ3) is 3.04. The monoisotopic (exact) mass is 229 g/mol. The Labute approximate surface area is 101 Å². The highest BCUT2D eigenvalue weighted by atomic mass is 16.5. The fourth-order valence-corrected chi connectivity index (χ4v) is 1.44. The van der Waals surface area contributed by atoms with Crippen LogP contribution in [0.25, 0.3) is 0 Å². The Bertz CT molecular complexity index is 475. The number of aromatic nitrogens is 1. The Balaban J connectivity index is 2.11. The summed E-state index contributed by atoms with van der Waals surface area (Å²) in [5, 5.41) is 9.33. The molecule has 0 saturated heterocycles. The number of aryl methyl sites for hydroxylation is 1. The van der Waals surface area contributed by atoms with Gasteiger partial charge in [0.2, 0.25) is 0 Å². The summed E-state index contributed by atoms with van der Waals surface area (Å²) < 4.78 is 5.62. The highest BCUT2D eigenvalue weighted by Crippen LogP contribution is 2.21. The largest absolute Gasteiger partial charge is 0.456 e. The summed E-state index contributed by atoms with van der Waals surface area (Å²) in [4.78, 5) is 4.12. The zero-order valence-corrected chi connectivity index (χ0v) is 9.92. The van der Waals surface area contributed by atoms with E-state index in [0.29, 0.717) is 11.4 Å². The molecule has 1 atom stereocenters. The lowest BCUT2D eigenvalue weighted by atomic mass is 10.2. The van der Waals surface area contributed by atoms with Gasteiger partial charge in [0.05, 0.1) is 18.0 Å². The van der Waals surface area contributed by atoms with Gasteiger partial charge in [0.25, 0.3) is 0 Å². The van der Waals surface area contributed by atoms with Crippen molar-refractivity contribution in [2.45, 2.75) is 20.0 Å². The first-order valence-corrected chi connectivity index (χ1v) is 5.54. The summed E-state index contributed by atoms with van der Waals surface area (Å²) >= 11 is 0. The number of rotatable bonds is 3. The predicted molar refractivity (Wildman–Crippen MR) is 66.1 cm³/mol. The number of aliphatic hydroxyl groups is 1. The van der Waals surface area contributed by atoms with Gasteiger partial charge in [-0.15, -0.1) is 0 Å². The van der Waals surface area contributed by atoms with E-state index in [9.17, 15) is 5.11 Å². The highest BCUT2D eigenvalue weighted by molar-refractivity contribution is 5.32. The van der Waals surface area contributed by atoms with Crippen LogP contribution in [0.15, 0.2) is 42.6 Å². The van der Waals surface area contributed by atoms with Gasteiger partial charge in [-0.3, -0.25) is 4.98 Å². The molecule has 17 heavy (non-hydrogen) atoms. The van der Waals surface area contributed by atoms with E-state index < -0.39 is 6.10 Å². The molecule has 0 saturated carbocycles. The molecule has 1 heterocycles. The van der Waals surface area contributed by atoms with Crippen molar-refractivity contribution in [3.63, 3.8) is 0 Å². The Morgan fingerprint density at radius 3 is 2.24 bits per heavy atom. The minimum atomic E-state index is -0.552. The summed E-state index contributed by atoms with van der Waals surface area (Å²) in [5.41, 5.74) is 1.83. The molecular formula is C14H15NO2. The predicted octanol–water partition coefficient (Wildman–Crippen LogP) is 3.24. The highest BCUT2D eigenvalue weighted by Gasteiger charge is 2.03. The van der Waals surface area contributed by atoms with E-state index in [1.54, 1.807) is 25.3 Å². The molecule has 3 nitrogen and oxygen atoms in total. The lowest BCUT2D eigenvalue weighted by molar-refractivity contribution is 0.194. The zero-order valence-electron chi connectivity index (χ0n) is 9.92. The Hall–Kier alpha value is -1.87. The molecular weight excluding hydrogens is 214 g/mol. The van der Waals surface area contributed by atoms with Crippen molar-refractivity contribution in [1.29, 1.82) is 0 Å². The minimum Gasteiger partial charge on any atom is -0.456 e. The Kier molecular flexibility index (Phi) is 3.40. The maximum atomic E-state index is 9.33. The van der Waals surface area contributed by atoms with Gasteiger partial charge >= 0.3 is 0 Å². The molecule has 2 rings (SSSR count). The SMILES string of the molecule is Cc1ccc(Oc2ccc([C@@H](C)O)nc2)cc1. The van der Waals surface area contributed by atoms with E-state index in [0.717, 1.165) is 5.75 Å². The van der Waals surface area contributed by atoms with E-state index in [2.05, 4.69) is 4.98 Å². The average Bonchev–Trinajstić information content (AvgIpc) is 2.33. The van der Waals surface area contributed by atoms with Gasteiger partial charge in [-0.25, -0.2) is 0 Å². The summed E-state index contributed by atoms with van der Waals surface area (Å²) in [7, 11) is 0. The van der Waals surface area contributed by atoms with E-state index >= 15 is 0 Å². The van der Waals surface area contributed by atoms with E-state index in [1.165, 1.54) is 5.56 Å². The summed E-state index contributed by atoms with van der Waals surface area (Å²) in [6, 6.07) is 11.4. The summed E-state index contributed by atoms with van der Waals surface area (Å²) in [6.45, 7) is 3.71. The fraction of sp³-hybridized carbons (Fsp3) is 0.214. The lowest BCUT2D eigenvalue weighted by Gasteiger charge is -2.07. The van der Waals surface area contributed by atoms with Crippen LogP contribution in [0, 0.1) is 6.92 Å². The van der Waals surface area contributed by atoms with Gasteiger partial charge < -0.3 is 9.84 Å². The maximum Gasteiger partial charge on any atom is 0.145 e. The van der Waals surface area contributed by atoms with Gasteiger partial charge in [0.1, 0.15) is 11.5 Å². The van der Waals surface area contributed by atoms with Gasteiger partial charge in [0, 0.05) is 0 Å². The third-order valence-electron chi connectivity index (χ3n) is 2.44. The number of aliphatic hydroxyl groups excluding tert-OH is 1. The quantitative estimate of drug-likeness (QED) is 0.878. The van der Waals surface area contributed by atoms with Crippen molar-refractivity contribution >= 4 is 0 Å². The lowest BCUT2D eigenvalue weighted by Crippen LogP contribution is -1.95. The topological polar surface area (TPSA) is 42.4 Å². The van der Waals surface area contributed by atoms with Crippen molar-refractivity contribution in [1.82, 2.24) is 4.98 Å². The maximum absolute atomic E-state index is 9.33. The second-order valence-corrected chi connectivity index (χ2v) is 4.01. The Morgan fingerprint density at radius 1 is 1.06 bits per heavy atom. The van der Waals surface area contributed by atoms with Crippen molar-refractivity contribution in [2.75, 3.05) is 0 Å². The number of nitrogens with zero attached hydrogens (tertiary/aromatic N) is 1. The van der Waals surface area contributed by atoms with E-state index in [-0.39, 0.29) is 0 Å². The van der Waals surface area contributed by atoms with Crippen molar-refractivity contribution in [2.24, 2.45) is 0 Å². The Morgan fingerprint density at radius 2 is 1.71 bits per heavy atom. The second kappa shape index (κ2) is 4.97. The molecule has 0 radical (unpaired) electrons. The molecule has 2 aromatic rings. The fourth-order valence-electron chi connectivity index (χ4n) is 1.44. The van der Waals surface area contributed by atoms with E-state index in [1.807, 2.05) is 31.2 Å². The molecule has 1 N–H and O–H groups in total. The molecule has 0 aliphatic rings. The first-order valence-electron chi connectivity index (χ1n) is 5.54. The third-order valence-corrected chi connectivity index (χ3v) is 2.44. The minimum absolute atomic E-state index is 0.552. The van der Waals surface area contributed by atoms with Gasteiger partial charge in [-0.2, -0.15) is 0 Å². The van der Waals surface area contributed by atoms with Crippen LogP contribution < -0.4 is 4.74 Å². The van der Waals surface area contributed by atoms with Crippen LogP contribution in [-0.2, 0) is 0 Å². The molecule has 3 heteroatoms. The van der Waals surface area contributed by atoms with Crippen LogP contribution >= 0.6 is 0 Å². The molecule has 0 spiro atoms. The average molecular weight is 229 g/mol. The number of pyridine rings is 1. The van der Waals surface area contributed by atoms with Crippen LogP contribution in [0.3, 0.4) is 0 Å². The number of hydrogen-bond donors (Lipinski definition) is 1.